The van der Waals surface area contributed by atoms with Gasteiger partial charge in [0.25, 0.3) is 0 Å². The number of hydrogen-bond acceptors (Lipinski definition) is 1. The molecule has 0 N–H and O–H groups in total. The smallest absolute Gasteiger partial charge is 0.0154 e. The van der Waals surface area contributed by atoms with Crippen LogP contribution >= 0.6 is 11.8 Å². The molecule has 0 nitrogen and oxygen atoms in total. The van der Waals surface area contributed by atoms with Crippen LogP contribution in [0.4, 0.5) is 0 Å². The maximum absolute atomic E-state index is 2.46. The Morgan fingerprint density at radius 3 is 2.81 bits per heavy atom. The second-order valence-corrected chi connectivity index (χ2v) is 8.04. The summed E-state index contributed by atoms with van der Waals surface area (Å²) in [7, 11) is 0. The Hall–Kier alpha value is -1.21. The van der Waals surface area contributed by atoms with Crippen LogP contribution in [0.15, 0.2) is 48.6 Å². The van der Waals surface area contributed by atoms with Crippen molar-refractivity contribution in [2.75, 3.05) is 11.5 Å². The van der Waals surface area contributed by atoms with E-state index in [0.717, 1.165) is 0 Å². The molecule has 1 heterocycles. The normalized spacial score (nSPS) is 33.5. The van der Waals surface area contributed by atoms with E-state index in [0.29, 0.717) is 10.8 Å². The molecular formula is C20H20S. The van der Waals surface area contributed by atoms with E-state index in [1.165, 1.54) is 48.0 Å². The Balaban J connectivity index is 1.89. The molecule has 2 aliphatic carbocycles. The van der Waals surface area contributed by atoms with Crippen molar-refractivity contribution in [1.29, 1.82) is 0 Å². The Morgan fingerprint density at radius 1 is 0.905 bits per heavy atom. The number of rotatable bonds is 0. The molecule has 0 amide bonds. The molecule has 1 fully saturated rings. The average molecular weight is 292 g/mol. The first-order valence-corrected chi connectivity index (χ1v) is 9.24. The first-order valence-electron chi connectivity index (χ1n) is 8.09. The van der Waals surface area contributed by atoms with E-state index in [4.69, 9.17) is 0 Å². The predicted molar refractivity (Wildman–Crippen MR) is 92.1 cm³/mol. The fourth-order valence-electron chi connectivity index (χ4n) is 5.15. The molecule has 2 aromatic carbocycles. The Bertz CT molecular complexity index is 760. The monoisotopic (exact) mass is 292 g/mol. The van der Waals surface area contributed by atoms with Crippen LogP contribution in [0.3, 0.4) is 0 Å². The molecule has 2 atom stereocenters. The first-order chi connectivity index (χ1) is 10.3. The van der Waals surface area contributed by atoms with Crippen molar-refractivity contribution in [3.05, 3.63) is 59.7 Å². The van der Waals surface area contributed by atoms with E-state index >= 15 is 0 Å². The number of benzene rings is 2. The quantitative estimate of drug-likeness (QED) is 0.608. The summed E-state index contributed by atoms with van der Waals surface area (Å²) >= 11 is 2.20. The maximum atomic E-state index is 2.46. The molecule has 0 aromatic heterocycles. The molecule has 1 aliphatic heterocycles. The van der Waals surface area contributed by atoms with Crippen LogP contribution in [0.2, 0.25) is 0 Å². The summed E-state index contributed by atoms with van der Waals surface area (Å²) in [6, 6.07) is 13.8. The van der Waals surface area contributed by atoms with E-state index in [2.05, 4.69) is 60.3 Å². The van der Waals surface area contributed by atoms with Gasteiger partial charge in [0.2, 0.25) is 0 Å². The second kappa shape index (κ2) is 4.16. The van der Waals surface area contributed by atoms with Gasteiger partial charge in [0, 0.05) is 16.9 Å². The molecule has 2 aromatic rings. The molecule has 106 valence electrons. The van der Waals surface area contributed by atoms with E-state index < -0.39 is 0 Å². The highest BCUT2D eigenvalue weighted by Crippen LogP contribution is 2.64. The van der Waals surface area contributed by atoms with E-state index in [1.54, 1.807) is 11.1 Å². The highest BCUT2D eigenvalue weighted by Gasteiger charge is 2.58. The van der Waals surface area contributed by atoms with Gasteiger partial charge in [-0.25, -0.2) is 0 Å². The van der Waals surface area contributed by atoms with Gasteiger partial charge in [0.05, 0.1) is 0 Å². The third-order valence-corrected chi connectivity index (χ3v) is 7.70. The molecule has 0 saturated carbocycles. The number of thioether (sulfide) groups is 1. The van der Waals surface area contributed by atoms with Gasteiger partial charge < -0.3 is 0 Å². The van der Waals surface area contributed by atoms with Gasteiger partial charge in [-0.1, -0.05) is 48.6 Å². The van der Waals surface area contributed by atoms with Crippen LogP contribution in [0.5, 0.6) is 0 Å². The van der Waals surface area contributed by atoms with Gasteiger partial charge in [-0.2, -0.15) is 11.8 Å². The Kier molecular flexibility index (Phi) is 2.45. The zero-order valence-electron chi connectivity index (χ0n) is 12.3. The van der Waals surface area contributed by atoms with Gasteiger partial charge >= 0.3 is 0 Å². The first kappa shape index (κ1) is 12.3. The summed E-state index contributed by atoms with van der Waals surface area (Å²) in [4.78, 5) is 0. The van der Waals surface area contributed by atoms with E-state index in [1.807, 2.05) is 0 Å². The minimum Gasteiger partial charge on any atom is -0.160 e. The predicted octanol–water partition coefficient (Wildman–Crippen LogP) is 5.11. The van der Waals surface area contributed by atoms with Crippen LogP contribution in [-0.2, 0) is 11.8 Å². The van der Waals surface area contributed by atoms with Crippen LogP contribution < -0.4 is 0 Å². The average Bonchev–Trinajstić information content (AvgIpc) is 2.94. The molecule has 0 unspecified atom stereocenters. The number of hydrogen-bond donors (Lipinski definition) is 0. The van der Waals surface area contributed by atoms with Crippen molar-refractivity contribution in [1.82, 2.24) is 0 Å². The zero-order valence-corrected chi connectivity index (χ0v) is 13.1. The van der Waals surface area contributed by atoms with Gasteiger partial charge in [-0.15, -0.1) is 0 Å². The van der Waals surface area contributed by atoms with Crippen molar-refractivity contribution < 1.29 is 0 Å². The minimum atomic E-state index is 0.404. The largest absolute Gasteiger partial charge is 0.160 e. The van der Waals surface area contributed by atoms with Crippen molar-refractivity contribution in [2.45, 2.75) is 31.1 Å². The zero-order chi connectivity index (χ0) is 13.9. The highest BCUT2D eigenvalue weighted by molar-refractivity contribution is 7.99. The number of aryl methyl sites for hydroxylation is 1. The van der Waals surface area contributed by atoms with Gasteiger partial charge in [0.15, 0.2) is 0 Å². The number of allylic oxidation sites excluding steroid dienone is 2. The summed E-state index contributed by atoms with van der Waals surface area (Å²) in [6.45, 7) is 0. The topological polar surface area (TPSA) is 0 Å². The van der Waals surface area contributed by atoms with Crippen LogP contribution in [-0.4, -0.2) is 11.5 Å². The lowest BCUT2D eigenvalue weighted by Gasteiger charge is -2.52. The summed E-state index contributed by atoms with van der Waals surface area (Å²) < 4.78 is 0. The van der Waals surface area contributed by atoms with Gasteiger partial charge in [-0.3, -0.25) is 0 Å². The molecule has 5 rings (SSSR count). The number of fused-ring (bicyclic) bond motifs is 3. The maximum Gasteiger partial charge on any atom is 0.0154 e. The lowest BCUT2D eigenvalue weighted by molar-refractivity contribution is 0.143. The summed E-state index contributed by atoms with van der Waals surface area (Å²) in [5.41, 5.74) is 4.27. The molecule has 0 radical (unpaired) electrons. The van der Waals surface area contributed by atoms with Crippen molar-refractivity contribution in [3.8, 4) is 0 Å². The molecule has 0 spiro atoms. The summed E-state index contributed by atoms with van der Waals surface area (Å²) in [5.74, 6) is 2.68. The SMILES string of the molecule is C1=CC[C@@]23CSC[C@@]2(C1)CCc1ccc2ccccc2c13. The summed E-state index contributed by atoms with van der Waals surface area (Å²) in [6.07, 6.45) is 10.1. The Morgan fingerprint density at radius 2 is 1.81 bits per heavy atom. The lowest BCUT2D eigenvalue weighted by Crippen LogP contribution is -2.49. The fourth-order valence-corrected chi connectivity index (χ4v) is 7.10. The lowest BCUT2D eigenvalue weighted by atomic mass is 9.51. The van der Waals surface area contributed by atoms with Crippen LogP contribution in [0.1, 0.15) is 30.4 Å². The molecular weight excluding hydrogens is 272 g/mol. The van der Waals surface area contributed by atoms with Crippen LogP contribution in [0.25, 0.3) is 10.8 Å². The third-order valence-electron chi connectivity index (χ3n) is 6.25. The van der Waals surface area contributed by atoms with Crippen LogP contribution in [0, 0.1) is 5.41 Å². The van der Waals surface area contributed by atoms with Crippen molar-refractivity contribution in [3.63, 3.8) is 0 Å². The van der Waals surface area contributed by atoms with Crippen molar-refractivity contribution >= 4 is 22.5 Å². The van der Waals surface area contributed by atoms with Gasteiger partial charge in [0.1, 0.15) is 0 Å². The second-order valence-electron chi connectivity index (χ2n) is 7.06. The molecule has 21 heavy (non-hydrogen) atoms. The minimum absolute atomic E-state index is 0.404. The Labute approximate surface area is 130 Å². The molecule has 1 saturated heterocycles. The van der Waals surface area contributed by atoms with Gasteiger partial charge in [-0.05, 0) is 53.0 Å². The summed E-state index contributed by atoms with van der Waals surface area (Å²) in [5, 5.41) is 2.95. The fraction of sp³-hybridized carbons (Fsp3) is 0.400. The van der Waals surface area contributed by atoms with E-state index in [-0.39, 0.29) is 0 Å². The third kappa shape index (κ3) is 1.43. The molecule has 1 heteroatoms. The highest BCUT2D eigenvalue weighted by atomic mass is 32.2. The molecule has 3 aliphatic rings. The van der Waals surface area contributed by atoms with Crippen molar-refractivity contribution in [2.24, 2.45) is 5.41 Å². The van der Waals surface area contributed by atoms with E-state index in [9.17, 15) is 0 Å². The molecule has 0 bridgehead atoms. The standard InChI is InChI=1S/C20H20S/c1-2-6-17-15(5-1)7-8-16-9-12-19-10-3-4-11-20(19,18(16)17)14-21-13-19/h1-8H,9-14H2/t19-,20+/m1/s1.